The summed E-state index contributed by atoms with van der Waals surface area (Å²) in [6, 6.07) is 8.73. The first kappa shape index (κ1) is 15.0. The van der Waals surface area contributed by atoms with E-state index in [2.05, 4.69) is 5.16 Å². The monoisotopic (exact) mass is 287 g/mol. The molecule has 0 fully saturated rings. The van der Waals surface area contributed by atoms with Gasteiger partial charge in [-0.25, -0.2) is 4.79 Å². The molecule has 1 heterocycles. The van der Waals surface area contributed by atoms with E-state index in [9.17, 15) is 9.59 Å². The fraction of sp³-hybridized carbons (Fsp3) is 0.312. The summed E-state index contributed by atoms with van der Waals surface area (Å²) in [5.74, 6) is -0.422. The van der Waals surface area contributed by atoms with Crippen LogP contribution < -0.4 is 0 Å². The van der Waals surface area contributed by atoms with E-state index in [0.717, 1.165) is 0 Å². The number of aromatic nitrogens is 1. The van der Waals surface area contributed by atoms with Crippen LogP contribution in [0.25, 0.3) is 0 Å². The van der Waals surface area contributed by atoms with Gasteiger partial charge in [0.15, 0.2) is 6.10 Å². The molecule has 0 amide bonds. The van der Waals surface area contributed by atoms with Gasteiger partial charge >= 0.3 is 5.97 Å². The number of hydrogen-bond acceptors (Lipinski definition) is 5. The highest BCUT2D eigenvalue weighted by atomic mass is 16.5. The summed E-state index contributed by atoms with van der Waals surface area (Å²) in [6.07, 6.45) is -0.304. The van der Waals surface area contributed by atoms with E-state index in [1.807, 2.05) is 13.0 Å². The Hall–Kier alpha value is -2.43. The molecule has 0 saturated heterocycles. The van der Waals surface area contributed by atoms with Crippen LogP contribution in [0.5, 0.6) is 0 Å². The lowest BCUT2D eigenvalue weighted by atomic mass is 10.1. The van der Waals surface area contributed by atoms with E-state index < -0.39 is 12.1 Å². The van der Waals surface area contributed by atoms with E-state index in [0.29, 0.717) is 29.0 Å². The van der Waals surface area contributed by atoms with Crippen molar-refractivity contribution in [3.05, 3.63) is 52.9 Å². The minimum absolute atomic E-state index is 0.240. The quantitative estimate of drug-likeness (QED) is 0.624. The predicted octanol–water partition coefficient (Wildman–Crippen LogP) is 2.97. The molecule has 110 valence electrons. The number of ketones is 1. The molecule has 2 aromatic rings. The fourth-order valence-electron chi connectivity index (χ4n) is 2.03. The Labute approximate surface area is 122 Å². The molecule has 0 radical (unpaired) electrons. The fourth-order valence-corrected chi connectivity index (χ4v) is 2.03. The second-order valence-electron chi connectivity index (χ2n) is 4.69. The number of esters is 1. The van der Waals surface area contributed by atoms with Crippen molar-refractivity contribution in [1.82, 2.24) is 5.16 Å². The number of Topliss-reactive ketones (excluding diaryl/α,β-unsaturated/α-hetero) is 1. The molecule has 0 spiro atoms. The minimum Gasteiger partial charge on any atom is -0.451 e. The van der Waals surface area contributed by atoms with Crippen molar-refractivity contribution in [3.63, 3.8) is 0 Å². The maximum absolute atomic E-state index is 12.2. The number of aryl methyl sites for hydroxylation is 2. The second kappa shape index (κ2) is 6.35. The summed E-state index contributed by atoms with van der Waals surface area (Å²) in [4.78, 5) is 24.4. The van der Waals surface area contributed by atoms with E-state index in [1.54, 1.807) is 38.1 Å². The summed E-state index contributed by atoms with van der Waals surface area (Å²) in [5, 5.41) is 3.80. The van der Waals surface area contributed by atoms with Crippen LogP contribution >= 0.6 is 0 Å². The largest absolute Gasteiger partial charge is 0.451 e. The van der Waals surface area contributed by atoms with Gasteiger partial charge in [0.2, 0.25) is 5.78 Å². The Balaban J connectivity index is 2.12. The lowest BCUT2D eigenvalue weighted by Crippen LogP contribution is -2.25. The zero-order chi connectivity index (χ0) is 15.4. The molecule has 5 heteroatoms. The normalized spacial score (nSPS) is 12.0. The third-order valence-electron chi connectivity index (χ3n) is 3.18. The van der Waals surface area contributed by atoms with Crippen molar-refractivity contribution in [2.75, 3.05) is 0 Å². The molecule has 0 bridgehead atoms. The summed E-state index contributed by atoms with van der Waals surface area (Å²) in [6.45, 7) is 5.07. The number of carbonyl (C=O) groups excluding carboxylic acids is 2. The molecule has 0 aliphatic carbocycles. The highest BCUT2D eigenvalue weighted by molar-refractivity contribution is 6.01. The van der Waals surface area contributed by atoms with Crippen molar-refractivity contribution >= 4 is 11.8 Å². The van der Waals surface area contributed by atoms with Crippen LogP contribution in [0.4, 0.5) is 0 Å². The molecule has 1 unspecified atom stereocenters. The van der Waals surface area contributed by atoms with Crippen molar-refractivity contribution in [3.8, 4) is 0 Å². The molecule has 2 rings (SSSR count). The SMILES string of the molecule is CCc1noc(C)c1C(=O)OC(C)C(=O)c1ccccc1. The topological polar surface area (TPSA) is 69.4 Å². The zero-order valence-corrected chi connectivity index (χ0v) is 12.3. The van der Waals surface area contributed by atoms with E-state index in [4.69, 9.17) is 9.26 Å². The lowest BCUT2D eigenvalue weighted by molar-refractivity contribution is 0.0316. The Kier molecular flexibility index (Phi) is 4.52. The summed E-state index contributed by atoms with van der Waals surface area (Å²) >= 11 is 0. The summed E-state index contributed by atoms with van der Waals surface area (Å²) < 4.78 is 10.2. The standard InChI is InChI=1S/C16H17NO4/c1-4-13-14(10(2)21-17-13)16(19)20-11(3)15(18)12-8-6-5-7-9-12/h5-9,11H,4H2,1-3H3. The van der Waals surface area contributed by atoms with Gasteiger partial charge in [0.05, 0.1) is 5.69 Å². The van der Waals surface area contributed by atoms with Gasteiger partial charge in [0.25, 0.3) is 0 Å². The van der Waals surface area contributed by atoms with E-state index in [1.165, 1.54) is 0 Å². The van der Waals surface area contributed by atoms with Crippen LogP contribution in [-0.4, -0.2) is 23.0 Å². The highest BCUT2D eigenvalue weighted by Gasteiger charge is 2.25. The van der Waals surface area contributed by atoms with Gasteiger partial charge in [-0.05, 0) is 20.3 Å². The minimum atomic E-state index is -0.862. The van der Waals surface area contributed by atoms with E-state index in [-0.39, 0.29) is 5.78 Å². The Bertz CT molecular complexity index is 646. The first-order valence-corrected chi connectivity index (χ1v) is 6.80. The van der Waals surface area contributed by atoms with Crippen LogP contribution in [0.1, 0.15) is 46.0 Å². The van der Waals surface area contributed by atoms with Gasteiger partial charge in [0, 0.05) is 5.56 Å². The van der Waals surface area contributed by atoms with Gasteiger partial charge in [-0.1, -0.05) is 42.4 Å². The number of carbonyl (C=O) groups is 2. The first-order chi connectivity index (χ1) is 10.0. The number of benzene rings is 1. The Morgan fingerprint density at radius 3 is 2.57 bits per heavy atom. The highest BCUT2D eigenvalue weighted by Crippen LogP contribution is 2.17. The smallest absolute Gasteiger partial charge is 0.344 e. The molecule has 0 aliphatic rings. The van der Waals surface area contributed by atoms with Gasteiger partial charge < -0.3 is 9.26 Å². The van der Waals surface area contributed by atoms with E-state index >= 15 is 0 Å². The summed E-state index contributed by atoms with van der Waals surface area (Å²) in [5.41, 5.74) is 1.36. The Morgan fingerprint density at radius 1 is 1.29 bits per heavy atom. The van der Waals surface area contributed by atoms with Crippen LogP contribution in [0.2, 0.25) is 0 Å². The second-order valence-corrected chi connectivity index (χ2v) is 4.69. The molecule has 21 heavy (non-hydrogen) atoms. The molecule has 0 saturated carbocycles. The summed E-state index contributed by atoms with van der Waals surface area (Å²) in [7, 11) is 0. The van der Waals surface area contributed by atoms with Crippen molar-refractivity contribution in [2.24, 2.45) is 0 Å². The van der Waals surface area contributed by atoms with Crippen LogP contribution in [0.3, 0.4) is 0 Å². The number of nitrogens with zero attached hydrogens (tertiary/aromatic N) is 1. The third-order valence-corrected chi connectivity index (χ3v) is 3.18. The third kappa shape index (κ3) is 3.18. The maximum Gasteiger partial charge on any atom is 0.344 e. The molecule has 5 nitrogen and oxygen atoms in total. The zero-order valence-electron chi connectivity index (χ0n) is 12.3. The lowest BCUT2D eigenvalue weighted by Gasteiger charge is -2.12. The average molecular weight is 287 g/mol. The van der Waals surface area contributed by atoms with Crippen molar-refractivity contribution in [2.45, 2.75) is 33.3 Å². The van der Waals surface area contributed by atoms with Gasteiger partial charge in [-0.3, -0.25) is 4.79 Å². The Morgan fingerprint density at radius 2 is 1.95 bits per heavy atom. The van der Waals surface area contributed by atoms with Gasteiger partial charge in [-0.2, -0.15) is 0 Å². The number of hydrogen-bond donors (Lipinski definition) is 0. The van der Waals surface area contributed by atoms with Gasteiger partial charge in [0.1, 0.15) is 11.3 Å². The van der Waals surface area contributed by atoms with Crippen LogP contribution in [0.15, 0.2) is 34.9 Å². The maximum atomic E-state index is 12.2. The molecular weight excluding hydrogens is 270 g/mol. The van der Waals surface area contributed by atoms with Gasteiger partial charge in [-0.15, -0.1) is 0 Å². The molecular formula is C16H17NO4. The van der Waals surface area contributed by atoms with Crippen molar-refractivity contribution in [1.29, 1.82) is 0 Å². The number of rotatable bonds is 5. The average Bonchev–Trinajstić information content (AvgIpc) is 2.88. The molecule has 1 aromatic heterocycles. The molecule has 1 atom stereocenters. The predicted molar refractivity (Wildman–Crippen MR) is 76.3 cm³/mol. The number of ether oxygens (including phenoxy) is 1. The van der Waals surface area contributed by atoms with Crippen molar-refractivity contribution < 1.29 is 18.8 Å². The molecule has 0 aliphatic heterocycles. The molecule has 0 N–H and O–H groups in total. The van der Waals surface area contributed by atoms with Crippen LogP contribution in [0, 0.1) is 6.92 Å². The van der Waals surface area contributed by atoms with Crippen LogP contribution in [-0.2, 0) is 11.2 Å². The molecule has 1 aromatic carbocycles. The first-order valence-electron chi connectivity index (χ1n) is 6.80.